The highest BCUT2D eigenvalue weighted by atomic mass is 15.3. The summed E-state index contributed by atoms with van der Waals surface area (Å²) in [7, 11) is 0. The van der Waals surface area contributed by atoms with Crippen LogP contribution in [0.4, 0.5) is 5.82 Å². The van der Waals surface area contributed by atoms with Crippen molar-refractivity contribution < 1.29 is 0 Å². The summed E-state index contributed by atoms with van der Waals surface area (Å²) in [5, 5.41) is 9.05. The highest BCUT2D eigenvalue weighted by Crippen LogP contribution is 2.27. The van der Waals surface area contributed by atoms with E-state index in [1.807, 2.05) is 23.7 Å². The van der Waals surface area contributed by atoms with Crippen molar-refractivity contribution in [3.63, 3.8) is 0 Å². The Hall–Kier alpha value is -2.50. The van der Waals surface area contributed by atoms with Crippen molar-refractivity contribution in [1.82, 2.24) is 24.7 Å². The summed E-state index contributed by atoms with van der Waals surface area (Å²) >= 11 is 0. The molecule has 0 amide bonds. The zero-order valence-electron chi connectivity index (χ0n) is 14.3. The second-order valence-corrected chi connectivity index (χ2v) is 5.76. The van der Waals surface area contributed by atoms with E-state index in [4.69, 9.17) is 0 Å². The summed E-state index contributed by atoms with van der Waals surface area (Å²) in [5.41, 5.74) is 4.18. The fraction of sp³-hybridized carbons (Fsp3) is 0.412. The Bertz CT molecular complexity index is 852. The van der Waals surface area contributed by atoms with E-state index in [-0.39, 0.29) is 6.04 Å². The fourth-order valence-corrected chi connectivity index (χ4v) is 3.10. The summed E-state index contributed by atoms with van der Waals surface area (Å²) in [5.74, 6) is 1.53. The normalized spacial score (nSPS) is 12.6. The summed E-state index contributed by atoms with van der Waals surface area (Å²) in [6.07, 6.45) is 1.75. The van der Waals surface area contributed by atoms with Gasteiger partial charge in [0.15, 0.2) is 5.65 Å². The number of anilines is 1. The van der Waals surface area contributed by atoms with E-state index in [1.165, 1.54) is 11.3 Å². The molecule has 3 rings (SSSR count). The Morgan fingerprint density at radius 1 is 1.22 bits per heavy atom. The SMILES string of the molecule is CCn1nc(C)c([C@@H](C)Nc2nc(C)nc3ncccc23)c1C. The van der Waals surface area contributed by atoms with Gasteiger partial charge in [-0.25, -0.2) is 15.0 Å². The molecule has 3 aromatic rings. The highest BCUT2D eigenvalue weighted by molar-refractivity contribution is 5.86. The van der Waals surface area contributed by atoms with Crippen molar-refractivity contribution in [2.24, 2.45) is 0 Å². The Balaban J connectivity index is 2.01. The van der Waals surface area contributed by atoms with Gasteiger partial charge in [0, 0.05) is 24.0 Å². The van der Waals surface area contributed by atoms with Crippen molar-refractivity contribution >= 4 is 16.9 Å². The molecular weight excluding hydrogens is 288 g/mol. The second kappa shape index (κ2) is 5.95. The molecule has 0 aliphatic rings. The molecule has 6 nitrogen and oxygen atoms in total. The molecular formula is C17H22N6. The van der Waals surface area contributed by atoms with E-state index >= 15 is 0 Å². The van der Waals surface area contributed by atoms with Crippen LogP contribution in [0, 0.1) is 20.8 Å². The van der Waals surface area contributed by atoms with E-state index in [0.29, 0.717) is 11.5 Å². The molecule has 1 N–H and O–H groups in total. The van der Waals surface area contributed by atoms with Crippen LogP contribution < -0.4 is 5.32 Å². The Kier molecular flexibility index (Phi) is 3.98. The van der Waals surface area contributed by atoms with Crippen LogP contribution in [-0.4, -0.2) is 24.7 Å². The van der Waals surface area contributed by atoms with Crippen LogP contribution in [0.2, 0.25) is 0 Å². The molecule has 0 spiro atoms. The van der Waals surface area contributed by atoms with Gasteiger partial charge in [0.2, 0.25) is 0 Å². The minimum atomic E-state index is 0.105. The number of hydrogen-bond acceptors (Lipinski definition) is 5. The topological polar surface area (TPSA) is 68.5 Å². The number of nitrogens with zero attached hydrogens (tertiary/aromatic N) is 5. The highest BCUT2D eigenvalue weighted by Gasteiger charge is 2.18. The number of aromatic nitrogens is 5. The maximum atomic E-state index is 4.60. The minimum Gasteiger partial charge on any atom is -0.363 e. The molecule has 3 aromatic heterocycles. The summed E-state index contributed by atoms with van der Waals surface area (Å²) in [6.45, 7) is 11.2. The molecule has 0 saturated carbocycles. The molecule has 3 heterocycles. The first-order chi connectivity index (χ1) is 11.0. The van der Waals surface area contributed by atoms with Crippen molar-refractivity contribution in [1.29, 1.82) is 0 Å². The summed E-state index contributed by atoms with van der Waals surface area (Å²) in [6, 6.07) is 4.00. The van der Waals surface area contributed by atoms with Crippen LogP contribution in [0.15, 0.2) is 18.3 Å². The van der Waals surface area contributed by atoms with E-state index in [2.05, 4.69) is 53.1 Å². The molecule has 0 aromatic carbocycles. The zero-order chi connectivity index (χ0) is 16.6. The van der Waals surface area contributed by atoms with Crippen LogP contribution in [0.1, 0.15) is 42.7 Å². The van der Waals surface area contributed by atoms with Gasteiger partial charge >= 0.3 is 0 Å². The summed E-state index contributed by atoms with van der Waals surface area (Å²) in [4.78, 5) is 13.3. The number of hydrogen-bond donors (Lipinski definition) is 1. The zero-order valence-corrected chi connectivity index (χ0v) is 14.3. The fourth-order valence-electron chi connectivity index (χ4n) is 3.10. The van der Waals surface area contributed by atoms with Gasteiger partial charge < -0.3 is 5.32 Å². The van der Waals surface area contributed by atoms with Crippen LogP contribution in [0.5, 0.6) is 0 Å². The van der Waals surface area contributed by atoms with Gasteiger partial charge in [-0.05, 0) is 46.8 Å². The third-order valence-electron chi connectivity index (χ3n) is 4.11. The van der Waals surface area contributed by atoms with Gasteiger partial charge in [-0.15, -0.1) is 0 Å². The predicted molar refractivity (Wildman–Crippen MR) is 91.5 cm³/mol. The van der Waals surface area contributed by atoms with E-state index in [0.717, 1.165) is 23.4 Å². The molecule has 0 aliphatic carbocycles. The quantitative estimate of drug-likeness (QED) is 0.800. The van der Waals surface area contributed by atoms with Gasteiger partial charge in [0.1, 0.15) is 11.6 Å². The number of aryl methyl sites for hydroxylation is 3. The van der Waals surface area contributed by atoms with Crippen LogP contribution in [-0.2, 0) is 6.54 Å². The standard InChI is InChI=1S/C17H22N6/c1-6-23-12(4)15(11(3)22-23)10(2)19-17-14-8-7-9-18-16(14)20-13(5)21-17/h7-10H,6H2,1-5H3,(H,18,19,20,21)/t10-/m1/s1. The largest absolute Gasteiger partial charge is 0.363 e. The molecule has 6 heteroatoms. The third kappa shape index (κ3) is 2.76. The molecule has 1 atom stereocenters. The second-order valence-electron chi connectivity index (χ2n) is 5.76. The van der Waals surface area contributed by atoms with E-state index in [9.17, 15) is 0 Å². The van der Waals surface area contributed by atoms with Gasteiger partial charge in [0.25, 0.3) is 0 Å². The molecule has 23 heavy (non-hydrogen) atoms. The summed E-state index contributed by atoms with van der Waals surface area (Å²) < 4.78 is 2.04. The van der Waals surface area contributed by atoms with Crippen molar-refractivity contribution in [3.05, 3.63) is 41.1 Å². The van der Waals surface area contributed by atoms with E-state index in [1.54, 1.807) is 6.20 Å². The molecule has 0 saturated heterocycles. The smallest absolute Gasteiger partial charge is 0.164 e. The lowest BCUT2D eigenvalue weighted by Crippen LogP contribution is -2.11. The van der Waals surface area contributed by atoms with Crippen molar-refractivity contribution in [3.8, 4) is 0 Å². The molecule has 0 unspecified atom stereocenters. The van der Waals surface area contributed by atoms with Gasteiger partial charge in [0.05, 0.1) is 17.1 Å². The van der Waals surface area contributed by atoms with Crippen LogP contribution in [0.25, 0.3) is 11.0 Å². The maximum Gasteiger partial charge on any atom is 0.164 e. The monoisotopic (exact) mass is 310 g/mol. The lowest BCUT2D eigenvalue weighted by molar-refractivity contribution is 0.632. The number of fused-ring (bicyclic) bond motifs is 1. The Morgan fingerprint density at radius 2 is 2.00 bits per heavy atom. The lowest BCUT2D eigenvalue weighted by atomic mass is 10.1. The van der Waals surface area contributed by atoms with Crippen molar-refractivity contribution in [2.45, 2.75) is 47.2 Å². The van der Waals surface area contributed by atoms with Crippen LogP contribution >= 0.6 is 0 Å². The first-order valence-electron chi connectivity index (χ1n) is 7.91. The molecule has 0 aliphatic heterocycles. The Morgan fingerprint density at radius 3 is 2.70 bits per heavy atom. The predicted octanol–water partition coefficient (Wildman–Crippen LogP) is 3.34. The van der Waals surface area contributed by atoms with Crippen LogP contribution in [0.3, 0.4) is 0 Å². The Labute approximate surface area is 136 Å². The lowest BCUT2D eigenvalue weighted by Gasteiger charge is -2.17. The molecule has 0 fully saturated rings. The number of nitrogens with one attached hydrogen (secondary N) is 1. The van der Waals surface area contributed by atoms with Gasteiger partial charge in [-0.1, -0.05) is 0 Å². The van der Waals surface area contributed by atoms with Crippen molar-refractivity contribution in [2.75, 3.05) is 5.32 Å². The third-order valence-corrected chi connectivity index (χ3v) is 4.11. The minimum absolute atomic E-state index is 0.105. The number of rotatable bonds is 4. The number of pyridine rings is 1. The first-order valence-corrected chi connectivity index (χ1v) is 7.91. The average Bonchev–Trinajstić information content (AvgIpc) is 2.81. The van der Waals surface area contributed by atoms with Gasteiger partial charge in [-0.2, -0.15) is 5.10 Å². The first kappa shape index (κ1) is 15.4. The average molecular weight is 310 g/mol. The van der Waals surface area contributed by atoms with Gasteiger partial charge in [-0.3, -0.25) is 4.68 Å². The van der Waals surface area contributed by atoms with E-state index < -0.39 is 0 Å². The molecule has 0 bridgehead atoms. The molecule has 0 radical (unpaired) electrons. The molecule has 120 valence electrons. The maximum absolute atomic E-state index is 4.60.